The average Bonchev–Trinajstić information content (AvgIpc) is 2.93. The summed E-state index contributed by atoms with van der Waals surface area (Å²) in [6, 6.07) is 9.22. The molecule has 0 radical (unpaired) electrons. The van der Waals surface area contributed by atoms with E-state index in [1.54, 1.807) is 43.7 Å². The number of methoxy groups -OCH3 is 1. The third-order valence-electron chi connectivity index (χ3n) is 7.24. The van der Waals surface area contributed by atoms with Crippen molar-refractivity contribution in [2.24, 2.45) is 11.8 Å². The summed E-state index contributed by atoms with van der Waals surface area (Å²) in [5.74, 6) is 1.49. The SMILES string of the molecule is COc1ccc2nccc([C@H](F)CC[C@@H]3CCN(CCCSc4ccncn4)C[C@H]3CCC(=O)O)c2c1. The van der Waals surface area contributed by atoms with Crippen molar-refractivity contribution in [2.45, 2.75) is 49.7 Å². The van der Waals surface area contributed by atoms with Gasteiger partial charge in [0.1, 0.15) is 18.2 Å². The molecule has 0 saturated carbocycles. The summed E-state index contributed by atoms with van der Waals surface area (Å²) in [6.07, 6.45) is 7.85. The maximum Gasteiger partial charge on any atom is 0.303 e. The molecule has 3 heterocycles. The van der Waals surface area contributed by atoms with Crippen molar-refractivity contribution in [1.82, 2.24) is 19.9 Å². The van der Waals surface area contributed by atoms with Gasteiger partial charge >= 0.3 is 5.97 Å². The van der Waals surface area contributed by atoms with Gasteiger partial charge < -0.3 is 14.7 Å². The van der Waals surface area contributed by atoms with Gasteiger partial charge in [0.15, 0.2) is 0 Å². The topological polar surface area (TPSA) is 88.4 Å². The summed E-state index contributed by atoms with van der Waals surface area (Å²) in [6.45, 7) is 2.83. The van der Waals surface area contributed by atoms with Gasteiger partial charge in [0, 0.05) is 36.5 Å². The number of carboxylic acid groups (broad SMARTS) is 1. The lowest BCUT2D eigenvalue weighted by molar-refractivity contribution is -0.137. The number of aliphatic carboxylic acids is 1. The highest BCUT2D eigenvalue weighted by Crippen LogP contribution is 2.36. The second-order valence-corrected chi connectivity index (χ2v) is 10.7. The maximum absolute atomic E-state index is 15.5. The molecule has 9 heteroatoms. The minimum atomic E-state index is -1.10. The summed E-state index contributed by atoms with van der Waals surface area (Å²) in [5.41, 5.74) is 1.40. The van der Waals surface area contributed by atoms with Crippen LogP contribution in [0, 0.1) is 11.8 Å². The number of fused-ring (bicyclic) bond motifs is 1. The van der Waals surface area contributed by atoms with Gasteiger partial charge in [0.25, 0.3) is 0 Å². The van der Waals surface area contributed by atoms with Crippen LogP contribution in [0.15, 0.2) is 54.1 Å². The Hall–Kier alpha value is -2.78. The molecule has 0 amide bonds. The first-order chi connectivity index (χ1) is 18.0. The predicted molar refractivity (Wildman–Crippen MR) is 144 cm³/mol. The van der Waals surface area contributed by atoms with Crippen molar-refractivity contribution in [3.05, 3.63) is 54.6 Å². The number of likely N-dealkylation sites (tertiary alicyclic amines) is 1. The van der Waals surface area contributed by atoms with E-state index in [4.69, 9.17) is 4.74 Å². The van der Waals surface area contributed by atoms with E-state index in [0.717, 1.165) is 60.6 Å². The zero-order valence-corrected chi connectivity index (χ0v) is 22.1. The number of hydrogen-bond acceptors (Lipinski definition) is 7. The lowest BCUT2D eigenvalue weighted by Gasteiger charge is -2.39. The molecule has 1 fully saturated rings. The predicted octanol–water partition coefficient (Wildman–Crippen LogP) is 5.81. The molecule has 1 aliphatic rings. The van der Waals surface area contributed by atoms with E-state index in [2.05, 4.69) is 19.9 Å². The molecular weight excluding hydrogens is 491 g/mol. The number of rotatable bonds is 13. The Kier molecular flexibility index (Phi) is 10.1. The molecule has 4 rings (SSSR count). The highest BCUT2D eigenvalue weighted by molar-refractivity contribution is 7.99. The van der Waals surface area contributed by atoms with E-state index < -0.39 is 12.1 Å². The third-order valence-corrected chi connectivity index (χ3v) is 8.27. The van der Waals surface area contributed by atoms with Gasteiger partial charge in [-0.15, -0.1) is 11.8 Å². The van der Waals surface area contributed by atoms with Crippen molar-refractivity contribution in [2.75, 3.05) is 32.5 Å². The number of alkyl halides is 1. The van der Waals surface area contributed by atoms with Crippen molar-refractivity contribution in [3.63, 3.8) is 0 Å². The van der Waals surface area contributed by atoms with Gasteiger partial charge in [-0.05, 0) is 92.9 Å². The maximum atomic E-state index is 15.5. The molecule has 7 nitrogen and oxygen atoms in total. The number of hydrogen-bond donors (Lipinski definition) is 1. The van der Waals surface area contributed by atoms with Crippen LogP contribution in [0.2, 0.25) is 0 Å². The van der Waals surface area contributed by atoms with E-state index >= 15 is 4.39 Å². The first-order valence-electron chi connectivity index (χ1n) is 12.9. The highest BCUT2D eigenvalue weighted by Gasteiger charge is 2.30. The van der Waals surface area contributed by atoms with Crippen LogP contribution in [0.25, 0.3) is 10.9 Å². The van der Waals surface area contributed by atoms with Crippen LogP contribution in [0.3, 0.4) is 0 Å². The number of nitrogens with zero attached hydrogens (tertiary/aromatic N) is 4. The average molecular weight is 527 g/mol. The largest absolute Gasteiger partial charge is 0.497 e. The Bertz CT molecular complexity index is 1150. The minimum Gasteiger partial charge on any atom is -0.497 e. The van der Waals surface area contributed by atoms with Crippen LogP contribution < -0.4 is 4.74 Å². The fourth-order valence-electron chi connectivity index (χ4n) is 5.27. The highest BCUT2D eigenvalue weighted by atomic mass is 32.2. The fraction of sp³-hybridized carbons (Fsp3) is 0.500. The molecule has 0 unspecified atom stereocenters. The summed E-state index contributed by atoms with van der Waals surface area (Å²) in [7, 11) is 1.60. The van der Waals surface area contributed by atoms with Gasteiger partial charge in [-0.2, -0.15) is 0 Å². The van der Waals surface area contributed by atoms with E-state index in [-0.39, 0.29) is 12.3 Å². The summed E-state index contributed by atoms with van der Waals surface area (Å²) >= 11 is 1.73. The van der Waals surface area contributed by atoms with Crippen molar-refractivity contribution in [3.8, 4) is 5.75 Å². The number of ether oxygens (including phenoxy) is 1. The molecule has 37 heavy (non-hydrogen) atoms. The third kappa shape index (κ3) is 7.85. The van der Waals surface area contributed by atoms with Gasteiger partial charge in [-0.25, -0.2) is 14.4 Å². The molecular formula is C28H35FN4O3S. The standard InChI is InChI=1S/C28H35FN4O3S/c1-36-22-5-7-26-24(17-22)23(9-13-31-26)25(29)6-3-20-11-15-33(18-21(20)4-8-28(34)35)14-2-16-37-27-10-12-30-19-32-27/h5,7,9-10,12-13,17,19-21,25H,2-4,6,8,11,14-16,18H2,1H3,(H,34,35)/t20-,21-,25-/m1/s1. The molecule has 1 saturated heterocycles. The zero-order valence-electron chi connectivity index (χ0n) is 21.3. The molecule has 3 aromatic rings. The lowest BCUT2D eigenvalue weighted by Crippen LogP contribution is -2.41. The van der Waals surface area contributed by atoms with Crippen LogP contribution in [0.4, 0.5) is 4.39 Å². The summed E-state index contributed by atoms with van der Waals surface area (Å²) in [5, 5.41) is 11.0. The van der Waals surface area contributed by atoms with Crippen molar-refractivity contribution >= 4 is 28.6 Å². The Balaban J connectivity index is 1.32. The van der Waals surface area contributed by atoms with E-state index in [1.165, 1.54) is 0 Å². The first kappa shape index (κ1) is 27.3. The van der Waals surface area contributed by atoms with Crippen LogP contribution in [0.1, 0.15) is 50.3 Å². The molecule has 1 aromatic carbocycles. The van der Waals surface area contributed by atoms with Crippen LogP contribution in [-0.4, -0.2) is 63.4 Å². The number of carboxylic acids is 1. The number of aromatic nitrogens is 3. The molecule has 198 valence electrons. The fourth-order valence-corrected chi connectivity index (χ4v) is 6.03. The van der Waals surface area contributed by atoms with Crippen molar-refractivity contribution < 1.29 is 19.0 Å². The quantitative estimate of drug-likeness (QED) is 0.170. The Morgan fingerprint density at radius 3 is 2.89 bits per heavy atom. The smallest absolute Gasteiger partial charge is 0.303 e. The van der Waals surface area contributed by atoms with Crippen LogP contribution >= 0.6 is 11.8 Å². The molecule has 1 aliphatic heterocycles. The van der Waals surface area contributed by atoms with E-state index in [1.807, 2.05) is 24.3 Å². The molecule has 1 N–H and O–H groups in total. The van der Waals surface area contributed by atoms with E-state index in [0.29, 0.717) is 30.1 Å². The number of thioether (sulfide) groups is 1. The first-order valence-corrected chi connectivity index (χ1v) is 13.9. The van der Waals surface area contributed by atoms with E-state index in [9.17, 15) is 9.90 Å². The monoisotopic (exact) mass is 526 g/mol. The van der Waals surface area contributed by atoms with Gasteiger partial charge in [0.2, 0.25) is 0 Å². The number of carbonyl (C=O) groups is 1. The number of halogens is 1. The van der Waals surface area contributed by atoms with Crippen LogP contribution in [0.5, 0.6) is 5.75 Å². The molecule has 3 atom stereocenters. The van der Waals surface area contributed by atoms with Crippen LogP contribution in [-0.2, 0) is 4.79 Å². The normalized spacial score (nSPS) is 19.1. The lowest BCUT2D eigenvalue weighted by atomic mass is 9.79. The second kappa shape index (κ2) is 13.7. The number of benzene rings is 1. The Labute approximate surface area is 221 Å². The van der Waals surface area contributed by atoms with Gasteiger partial charge in [-0.3, -0.25) is 9.78 Å². The number of pyridine rings is 1. The van der Waals surface area contributed by atoms with Gasteiger partial charge in [-0.1, -0.05) is 0 Å². The summed E-state index contributed by atoms with van der Waals surface area (Å²) < 4.78 is 20.9. The second-order valence-electron chi connectivity index (χ2n) is 9.62. The number of piperidine rings is 1. The zero-order chi connectivity index (χ0) is 26.0. The molecule has 0 bridgehead atoms. The minimum absolute atomic E-state index is 0.159. The van der Waals surface area contributed by atoms with Gasteiger partial charge in [0.05, 0.1) is 17.7 Å². The Morgan fingerprint density at radius 2 is 2.11 bits per heavy atom. The Morgan fingerprint density at radius 1 is 1.22 bits per heavy atom. The summed E-state index contributed by atoms with van der Waals surface area (Å²) in [4.78, 5) is 26.3. The molecule has 0 aliphatic carbocycles. The molecule has 0 spiro atoms. The molecule has 2 aromatic heterocycles. The van der Waals surface area contributed by atoms with Crippen molar-refractivity contribution in [1.29, 1.82) is 0 Å².